The zero-order valence-electron chi connectivity index (χ0n) is 9.93. The highest BCUT2D eigenvalue weighted by molar-refractivity contribution is 5.96. The molecule has 2 bridgehead atoms. The second-order valence-corrected chi connectivity index (χ2v) is 5.04. The maximum Gasteiger partial charge on any atom is 0.186 e. The molecule has 2 aliphatic heterocycles. The number of carbonyl (C=O) groups excluding carboxylic acids is 1. The van der Waals surface area contributed by atoms with Crippen molar-refractivity contribution in [3.05, 3.63) is 23.8 Å². The van der Waals surface area contributed by atoms with Gasteiger partial charge < -0.3 is 4.74 Å². The van der Waals surface area contributed by atoms with Crippen molar-refractivity contribution in [2.24, 2.45) is 5.92 Å². The third kappa shape index (κ3) is 2.09. The third-order valence-electron chi connectivity index (χ3n) is 3.67. The Bertz CT molecular complexity index is 435. The third-order valence-corrected chi connectivity index (χ3v) is 3.67. The Labute approximate surface area is 100 Å². The van der Waals surface area contributed by atoms with E-state index in [1.807, 2.05) is 6.92 Å². The number of hydrogen-bond acceptors (Lipinski definition) is 4. The number of aryl methyl sites for hydroxylation is 1. The van der Waals surface area contributed by atoms with Crippen LogP contribution in [-0.2, 0) is 4.74 Å². The smallest absolute Gasteiger partial charge is 0.186 e. The maximum atomic E-state index is 12.3. The van der Waals surface area contributed by atoms with Crippen molar-refractivity contribution in [2.45, 2.75) is 44.8 Å². The number of rotatable bonds is 2. The van der Waals surface area contributed by atoms with E-state index in [9.17, 15) is 4.79 Å². The van der Waals surface area contributed by atoms with Gasteiger partial charge in [-0.3, -0.25) is 9.78 Å². The number of aromatic nitrogens is 2. The van der Waals surface area contributed by atoms with Crippen molar-refractivity contribution in [3.8, 4) is 0 Å². The second-order valence-electron chi connectivity index (χ2n) is 5.04. The van der Waals surface area contributed by atoms with Crippen LogP contribution in [0, 0.1) is 12.8 Å². The van der Waals surface area contributed by atoms with E-state index in [1.165, 1.54) is 0 Å². The van der Waals surface area contributed by atoms with E-state index in [0.717, 1.165) is 31.4 Å². The first kappa shape index (κ1) is 10.8. The lowest BCUT2D eigenvalue weighted by atomic mass is 9.90. The van der Waals surface area contributed by atoms with Crippen LogP contribution in [0.4, 0.5) is 0 Å². The number of nitrogens with zero attached hydrogens (tertiary/aromatic N) is 2. The average Bonchev–Trinajstić information content (AvgIpc) is 2.67. The Morgan fingerprint density at radius 3 is 2.65 bits per heavy atom. The van der Waals surface area contributed by atoms with Gasteiger partial charge in [0, 0.05) is 12.1 Å². The van der Waals surface area contributed by atoms with Crippen molar-refractivity contribution in [1.29, 1.82) is 0 Å². The Morgan fingerprint density at radius 1 is 1.29 bits per heavy atom. The van der Waals surface area contributed by atoms with Crippen LogP contribution in [0.15, 0.2) is 12.4 Å². The molecule has 0 spiro atoms. The number of ketones is 1. The Balaban J connectivity index is 1.78. The zero-order chi connectivity index (χ0) is 11.8. The van der Waals surface area contributed by atoms with E-state index < -0.39 is 0 Å². The van der Waals surface area contributed by atoms with Gasteiger partial charge in [0.15, 0.2) is 5.78 Å². The summed E-state index contributed by atoms with van der Waals surface area (Å²) >= 11 is 0. The SMILES string of the molecule is Cc1cncc(C(=O)C2CC3CCC(C2)O3)n1. The monoisotopic (exact) mass is 232 g/mol. The zero-order valence-corrected chi connectivity index (χ0v) is 9.93. The molecule has 0 radical (unpaired) electrons. The number of fused-ring (bicyclic) bond motifs is 2. The van der Waals surface area contributed by atoms with E-state index in [0.29, 0.717) is 17.9 Å². The summed E-state index contributed by atoms with van der Waals surface area (Å²) in [6, 6.07) is 0. The molecule has 17 heavy (non-hydrogen) atoms. The second kappa shape index (κ2) is 4.18. The van der Waals surface area contributed by atoms with Gasteiger partial charge >= 0.3 is 0 Å². The first-order valence-electron chi connectivity index (χ1n) is 6.20. The minimum atomic E-state index is 0.0809. The van der Waals surface area contributed by atoms with Crippen LogP contribution < -0.4 is 0 Å². The van der Waals surface area contributed by atoms with Gasteiger partial charge in [-0.15, -0.1) is 0 Å². The van der Waals surface area contributed by atoms with Crippen LogP contribution in [0.2, 0.25) is 0 Å². The molecule has 0 amide bonds. The van der Waals surface area contributed by atoms with E-state index in [2.05, 4.69) is 9.97 Å². The molecule has 2 aliphatic rings. The molecule has 0 aromatic carbocycles. The largest absolute Gasteiger partial charge is 0.375 e. The standard InChI is InChI=1S/C13H16N2O2/c1-8-6-14-7-12(15-8)13(16)9-4-10-2-3-11(5-9)17-10/h6-7,9-11H,2-5H2,1H3. The fourth-order valence-electron chi connectivity index (χ4n) is 2.86. The molecule has 2 atom stereocenters. The van der Waals surface area contributed by atoms with Crippen molar-refractivity contribution < 1.29 is 9.53 Å². The molecule has 2 fully saturated rings. The Kier molecular flexibility index (Phi) is 2.67. The molecule has 4 heteroatoms. The highest BCUT2D eigenvalue weighted by Crippen LogP contribution is 2.36. The van der Waals surface area contributed by atoms with Crippen LogP contribution in [0.25, 0.3) is 0 Å². The predicted octanol–water partition coefficient (Wildman–Crippen LogP) is 1.93. The van der Waals surface area contributed by atoms with Gasteiger partial charge in [-0.1, -0.05) is 0 Å². The van der Waals surface area contributed by atoms with Crippen LogP contribution in [-0.4, -0.2) is 28.0 Å². The molecule has 1 aromatic rings. The topological polar surface area (TPSA) is 52.1 Å². The molecule has 0 aliphatic carbocycles. The molecule has 90 valence electrons. The molecule has 4 nitrogen and oxygen atoms in total. The Morgan fingerprint density at radius 2 is 2.00 bits per heavy atom. The van der Waals surface area contributed by atoms with Crippen molar-refractivity contribution in [2.75, 3.05) is 0 Å². The Hall–Kier alpha value is -1.29. The van der Waals surface area contributed by atoms with E-state index in [1.54, 1.807) is 12.4 Å². The van der Waals surface area contributed by atoms with Gasteiger partial charge in [-0.05, 0) is 32.6 Å². The van der Waals surface area contributed by atoms with E-state index >= 15 is 0 Å². The summed E-state index contributed by atoms with van der Waals surface area (Å²) in [6.07, 6.45) is 7.75. The molecular formula is C13H16N2O2. The average molecular weight is 232 g/mol. The fraction of sp³-hybridized carbons (Fsp3) is 0.615. The molecule has 0 saturated carbocycles. The van der Waals surface area contributed by atoms with Gasteiger partial charge in [0.1, 0.15) is 5.69 Å². The fourth-order valence-corrected chi connectivity index (χ4v) is 2.86. The van der Waals surface area contributed by atoms with Gasteiger partial charge in [-0.25, -0.2) is 4.98 Å². The molecule has 2 unspecified atom stereocenters. The molecule has 2 saturated heterocycles. The van der Waals surface area contributed by atoms with Gasteiger partial charge in [0.05, 0.1) is 24.1 Å². The summed E-state index contributed by atoms with van der Waals surface area (Å²) < 4.78 is 5.75. The van der Waals surface area contributed by atoms with Gasteiger partial charge in [0.2, 0.25) is 0 Å². The van der Waals surface area contributed by atoms with Crippen molar-refractivity contribution in [1.82, 2.24) is 9.97 Å². The normalized spacial score (nSPS) is 31.5. The predicted molar refractivity (Wildman–Crippen MR) is 61.7 cm³/mol. The number of carbonyl (C=O) groups is 1. The van der Waals surface area contributed by atoms with Crippen molar-refractivity contribution >= 4 is 5.78 Å². The van der Waals surface area contributed by atoms with Crippen LogP contribution in [0.3, 0.4) is 0 Å². The summed E-state index contributed by atoms with van der Waals surface area (Å²) in [4.78, 5) is 20.6. The quantitative estimate of drug-likeness (QED) is 0.731. The first-order chi connectivity index (χ1) is 8.22. The lowest BCUT2D eigenvalue weighted by Crippen LogP contribution is -2.30. The van der Waals surface area contributed by atoms with Crippen LogP contribution >= 0.6 is 0 Å². The molecular weight excluding hydrogens is 216 g/mol. The van der Waals surface area contributed by atoms with Crippen LogP contribution in [0.5, 0.6) is 0 Å². The summed E-state index contributed by atoms with van der Waals surface area (Å²) in [5, 5.41) is 0. The lowest BCUT2D eigenvalue weighted by molar-refractivity contribution is -0.0150. The number of hydrogen-bond donors (Lipinski definition) is 0. The summed E-state index contributed by atoms with van der Waals surface area (Å²) in [5.41, 5.74) is 1.31. The lowest BCUT2D eigenvalue weighted by Gasteiger charge is -2.26. The minimum Gasteiger partial charge on any atom is -0.375 e. The number of Topliss-reactive ketones (excluding diaryl/α,β-unsaturated/α-hetero) is 1. The summed E-state index contributed by atoms with van der Waals surface area (Å²) in [5.74, 6) is 0.221. The minimum absolute atomic E-state index is 0.0809. The maximum absolute atomic E-state index is 12.3. The summed E-state index contributed by atoms with van der Waals surface area (Å²) in [7, 11) is 0. The highest BCUT2D eigenvalue weighted by Gasteiger charge is 2.38. The van der Waals surface area contributed by atoms with E-state index in [-0.39, 0.29) is 11.7 Å². The van der Waals surface area contributed by atoms with E-state index in [4.69, 9.17) is 4.74 Å². The summed E-state index contributed by atoms with van der Waals surface area (Å²) in [6.45, 7) is 1.86. The van der Waals surface area contributed by atoms with Gasteiger partial charge in [0.25, 0.3) is 0 Å². The van der Waals surface area contributed by atoms with Crippen LogP contribution in [0.1, 0.15) is 41.9 Å². The molecule has 1 aromatic heterocycles. The molecule has 0 N–H and O–H groups in total. The molecule has 3 rings (SSSR count). The first-order valence-corrected chi connectivity index (χ1v) is 6.20. The molecule has 3 heterocycles. The number of ether oxygens (including phenoxy) is 1. The van der Waals surface area contributed by atoms with Gasteiger partial charge in [-0.2, -0.15) is 0 Å². The van der Waals surface area contributed by atoms with Crippen molar-refractivity contribution in [3.63, 3.8) is 0 Å². The highest BCUT2D eigenvalue weighted by atomic mass is 16.5.